The van der Waals surface area contributed by atoms with Crippen LogP contribution >= 0.6 is 0 Å². The van der Waals surface area contributed by atoms with Gasteiger partial charge < -0.3 is 14.7 Å². The van der Waals surface area contributed by atoms with Crippen molar-refractivity contribution in [1.82, 2.24) is 4.90 Å². The van der Waals surface area contributed by atoms with E-state index < -0.39 is 5.97 Å². The van der Waals surface area contributed by atoms with Gasteiger partial charge in [0.15, 0.2) is 0 Å². The Labute approximate surface area is 119 Å². The number of carbonyl (C=O) groups excluding carboxylic acids is 1. The molecule has 0 aromatic heterocycles. The number of carboxylic acids is 1. The molecule has 0 heterocycles. The van der Waals surface area contributed by atoms with Crippen LogP contribution in [0.1, 0.15) is 25.8 Å². The van der Waals surface area contributed by atoms with Crippen LogP contribution in [0.3, 0.4) is 0 Å². The van der Waals surface area contributed by atoms with Gasteiger partial charge in [-0.15, -0.1) is 0 Å². The highest BCUT2D eigenvalue weighted by Gasteiger charge is 2.14. The molecule has 110 valence electrons. The van der Waals surface area contributed by atoms with Gasteiger partial charge in [0, 0.05) is 19.2 Å². The fourth-order valence-corrected chi connectivity index (χ4v) is 1.70. The van der Waals surface area contributed by atoms with Gasteiger partial charge in [0.05, 0.1) is 18.9 Å². The third kappa shape index (κ3) is 5.30. The molecule has 0 aliphatic rings. The molecule has 0 spiro atoms. The predicted octanol–water partition coefficient (Wildman–Crippen LogP) is 1.95. The Morgan fingerprint density at radius 2 is 1.95 bits per heavy atom. The normalized spacial score (nSPS) is 10.4. The summed E-state index contributed by atoms with van der Waals surface area (Å²) in [5.41, 5.74) is 0.813. The number of rotatable bonds is 7. The van der Waals surface area contributed by atoms with Crippen molar-refractivity contribution < 1.29 is 19.4 Å². The lowest BCUT2D eigenvalue weighted by atomic mass is 10.1. The quantitative estimate of drug-likeness (QED) is 0.828. The first kappa shape index (κ1) is 16.0. The zero-order valence-electron chi connectivity index (χ0n) is 12.1. The zero-order chi connectivity index (χ0) is 15.1. The van der Waals surface area contributed by atoms with E-state index in [1.807, 2.05) is 38.1 Å². The van der Waals surface area contributed by atoms with Crippen molar-refractivity contribution in [3.8, 4) is 5.75 Å². The van der Waals surface area contributed by atoms with Crippen molar-refractivity contribution in [1.29, 1.82) is 0 Å². The Kier molecular flexibility index (Phi) is 6.03. The van der Waals surface area contributed by atoms with Crippen molar-refractivity contribution >= 4 is 11.9 Å². The number of hydrogen-bond donors (Lipinski definition) is 1. The lowest BCUT2D eigenvalue weighted by Crippen LogP contribution is -2.30. The minimum Gasteiger partial charge on any atom is -0.491 e. The van der Waals surface area contributed by atoms with Gasteiger partial charge in [0.2, 0.25) is 5.91 Å². The van der Waals surface area contributed by atoms with Crippen molar-refractivity contribution in [2.45, 2.75) is 32.8 Å². The van der Waals surface area contributed by atoms with Crippen LogP contribution < -0.4 is 4.74 Å². The van der Waals surface area contributed by atoms with Crippen LogP contribution in [0, 0.1) is 0 Å². The molecule has 1 aromatic rings. The zero-order valence-corrected chi connectivity index (χ0v) is 12.1. The van der Waals surface area contributed by atoms with Crippen molar-refractivity contribution in [2.24, 2.45) is 0 Å². The number of ether oxygens (including phenoxy) is 1. The summed E-state index contributed by atoms with van der Waals surface area (Å²) < 4.78 is 5.66. The summed E-state index contributed by atoms with van der Waals surface area (Å²) in [6.07, 6.45) is 0.196. The predicted molar refractivity (Wildman–Crippen MR) is 75.8 cm³/mol. The molecule has 0 bridgehead atoms. The molecule has 0 unspecified atom stereocenters. The molecule has 1 N–H and O–H groups in total. The van der Waals surface area contributed by atoms with E-state index in [2.05, 4.69) is 0 Å². The van der Waals surface area contributed by atoms with Crippen LogP contribution in [0.25, 0.3) is 0 Å². The second-order valence-corrected chi connectivity index (χ2v) is 4.91. The second-order valence-electron chi connectivity index (χ2n) is 4.91. The van der Waals surface area contributed by atoms with Crippen LogP contribution in [-0.2, 0) is 16.0 Å². The van der Waals surface area contributed by atoms with Gasteiger partial charge >= 0.3 is 5.97 Å². The summed E-state index contributed by atoms with van der Waals surface area (Å²) >= 11 is 0. The molecule has 0 fully saturated rings. The van der Waals surface area contributed by atoms with E-state index >= 15 is 0 Å². The van der Waals surface area contributed by atoms with Gasteiger partial charge in [-0.25, -0.2) is 0 Å². The SMILES string of the molecule is CC(C)Oc1ccccc1CC(=O)N(C)CCC(=O)O. The van der Waals surface area contributed by atoms with Gasteiger partial charge in [-0.05, 0) is 19.9 Å². The number of amides is 1. The lowest BCUT2D eigenvalue weighted by Gasteiger charge is -2.18. The molecule has 5 nitrogen and oxygen atoms in total. The Hall–Kier alpha value is -2.04. The average molecular weight is 279 g/mol. The number of aliphatic carboxylic acids is 1. The van der Waals surface area contributed by atoms with Gasteiger partial charge in [-0.3, -0.25) is 9.59 Å². The minimum atomic E-state index is -0.909. The van der Waals surface area contributed by atoms with E-state index in [1.54, 1.807) is 7.05 Å². The van der Waals surface area contributed by atoms with Gasteiger partial charge in [0.1, 0.15) is 5.75 Å². The van der Waals surface area contributed by atoms with Crippen LogP contribution in [0.5, 0.6) is 5.75 Å². The Morgan fingerprint density at radius 1 is 1.30 bits per heavy atom. The van der Waals surface area contributed by atoms with Gasteiger partial charge in [-0.1, -0.05) is 18.2 Å². The van der Waals surface area contributed by atoms with E-state index in [0.717, 1.165) is 5.56 Å². The molecule has 20 heavy (non-hydrogen) atoms. The topological polar surface area (TPSA) is 66.8 Å². The Morgan fingerprint density at radius 3 is 2.55 bits per heavy atom. The first-order valence-corrected chi connectivity index (χ1v) is 6.60. The number of benzene rings is 1. The molecular formula is C15H21NO4. The van der Waals surface area contributed by atoms with E-state index in [-0.39, 0.29) is 31.4 Å². The standard InChI is InChI=1S/C15H21NO4/c1-11(2)20-13-7-5-4-6-12(13)10-14(17)16(3)9-8-15(18)19/h4-7,11H,8-10H2,1-3H3,(H,18,19). The van der Waals surface area contributed by atoms with E-state index in [1.165, 1.54) is 4.90 Å². The van der Waals surface area contributed by atoms with Crippen LogP contribution in [0.4, 0.5) is 0 Å². The maximum Gasteiger partial charge on any atom is 0.305 e. The number of nitrogens with zero attached hydrogens (tertiary/aromatic N) is 1. The summed E-state index contributed by atoms with van der Waals surface area (Å²) in [5, 5.41) is 8.62. The molecule has 0 aliphatic carbocycles. The molecular weight excluding hydrogens is 258 g/mol. The Balaban J connectivity index is 2.67. The van der Waals surface area contributed by atoms with E-state index in [9.17, 15) is 9.59 Å². The molecule has 1 amide bonds. The highest BCUT2D eigenvalue weighted by atomic mass is 16.5. The Bertz CT molecular complexity index is 471. The van der Waals surface area contributed by atoms with Crippen LogP contribution in [0.2, 0.25) is 0 Å². The van der Waals surface area contributed by atoms with Crippen molar-refractivity contribution in [3.63, 3.8) is 0 Å². The molecule has 0 saturated carbocycles. The third-order valence-corrected chi connectivity index (χ3v) is 2.76. The van der Waals surface area contributed by atoms with Crippen molar-refractivity contribution in [2.75, 3.05) is 13.6 Å². The maximum absolute atomic E-state index is 12.0. The number of para-hydroxylation sites is 1. The molecule has 1 rings (SSSR count). The van der Waals surface area contributed by atoms with E-state index in [4.69, 9.17) is 9.84 Å². The molecule has 5 heteroatoms. The summed E-state index contributed by atoms with van der Waals surface area (Å²) in [4.78, 5) is 24.0. The fraction of sp³-hybridized carbons (Fsp3) is 0.467. The largest absolute Gasteiger partial charge is 0.491 e. The summed E-state index contributed by atoms with van der Waals surface area (Å²) in [6.45, 7) is 4.07. The lowest BCUT2D eigenvalue weighted by molar-refractivity contribution is -0.138. The van der Waals surface area contributed by atoms with Crippen LogP contribution in [0.15, 0.2) is 24.3 Å². The minimum absolute atomic E-state index is 0.0380. The molecule has 0 saturated heterocycles. The number of carbonyl (C=O) groups is 2. The number of likely N-dealkylation sites (N-methyl/N-ethyl adjacent to an activating group) is 1. The van der Waals surface area contributed by atoms with E-state index in [0.29, 0.717) is 5.75 Å². The summed E-state index contributed by atoms with van der Waals surface area (Å²) in [5.74, 6) is -0.332. The number of hydrogen-bond acceptors (Lipinski definition) is 3. The number of carboxylic acid groups (broad SMARTS) is 1. The van der Waals surface area contributed by atoms with Gasteiger partial charge in [0.25, 0.3) is 0 Å². The monoisotopic (exact) mass is 279 g/mol. The summed E-state index contributed by atoms with van der Waals surface area (Å²) in [6, 6.07) is 7.40. The molecule has 0 aliphatic heterocycles. The molecule has 0 radical (unpaired) electrons. The average Bonchev–Trinajstić information content (AvgIpc) is 2.37. The first-order chi connectivity index (χ1) is 9.40. The summed E-state index contributed by atoms with van der Waals surface area (Å²) in [7, 11) is 1.61. The molecule has 0 atom stereocenters. The first-order valence-electron chi connectivity index (χ1n) is 6.60. The highest BCUT2D eigenvalue weighted by molar-refractivity contribution is 5.79. The van der Waals surface area contributed by atoms with Gasteiger partial charge in [-0.2, -0.15) is 0 Å². The van der Waals surface area contributed by atoms with Crippen LogP contribution in [-0.4, -0.2) is 41.6 Å². The highest BCUT2D eigenvalue weighted by Crippen LogP contribution is 2.20. The molecule has 1 aromatic carbocycles. The maximum atomic E-state index is 12.0. The smallest absolute Gasteiger partial charge is 0.305 e. The third-order valence-electron chi connectivity index (χ3n) is 2.76. The van der Waals surface area contributed by atoms with Crippen molar-refractivity contribution in [3.05, 3.63) is 29.8 Å². The second kappa shape index (κ2) is 7.53. The fourth-order valence-electron chi connectivity index (χ4n) is 1.70.